The monoisotopic (exact) mass is 501 g/mol. The van der Waals surface area contributed by atoms with Gasteiger partial charge in [-0.1, -0.05) is 18.2 Å². The number of hydrogen-bond donors (Lipinski definition) is 0. The van der Waals surface area contributed by atoms with Crippen LogP contribution in [0, 0.1) is 6.92 Å². The van der Waals surface area contributed by atoms with E-state index in [1.165, 1.54) is 6.08 Å². The molecule has 3 heterocycles. The molecule has 0 unspecified atom stereocenters. The lowest BCUT2D eigenvalue weighted by Crippen LogP contribution is -2.41. The first-order valence-corrected chi connectivity index (χ1v) is 11.1. The van der Waals surface area contributed by atoms with Gasteiger partial charge in [-0.25, -0.2) is 4.98 Å². The van der Waals surface area contributed by atoms with Crippen molar-refractivity contribution in [1.82, 2.24) is 14.5 Å². The van der Waals surface area contributed by atoms with Crippen molar-refractivity contribution in [3.63, 3.8) is 0 Å². The average Bonchev–Trinajstić information content (AvgIpc) is 3.11. The van der Waals surface area contributed by atoms with Gasteiger partial charge >= 0.3 is 6.18 Å². The predicted molar refractivity (Wildman–Crippen MR) is 123 cm³/mol. The molecule has 33 heavy (non-hydrogen) atoms. The van der Waals surface area contributed by atoms with Crippen LogP contribution in [0.25, 0.3) is 11.0 Å². The van der Waals surface area contributed by atoms with E-state index in [1.54, 1.807) is 35.6 Å². The first kappa shape index (κ1) is 25.3. The van der Waals surface area contributed by atoms with Crippen LogP contribution in [0.4, 0.5) is 13.2 Å². The smallest absolute Gasteiger partial charge is 0.378 e. The van der Waals surface area contributed by atoms with Gasteiger partial charge in [0.25, 0.3) is 5.91 Å². The fourth-order valence-corrected chi connectivity index (χ4v) is 4.06. The summed E-state index contributed by atoms with van der Waals surface area (Å²) in [6.07, 6.45) is -1.12. The van der Waals surface area contributed by atoms with Crippen LogP contribution in [-0.2, 0) is 29.2 Å². The SMILES string of the molecule is C=C(/C=C\C(Cl)=C(/CCl)Cc1cc2c(C)cc(C(F)(F)F)nc2n1C)C(=O)N1CCOCC1. The summed E-state index contributed by atoms with van der Waals surface area (Å²) in [7, 11) is 1.66. The van der Waals surface area contributed by atoms with Crippen molar-refractivity contribution in [3.05, 3.63) is 64.0 Å². The number of ether oxygens (including phenoxy) is 1. The Balaban J connectivity index is 1.83. The number of carbonyl (C=O) groups is 1. The normalized spacial score (nSPS) is 15.9. The molecule has 5 nitrogen and oxygen atoms in total. The molecule has 1 aliphatic heterocycles. The lowest BCUT2D eigenvalue weighted by atomic mass is 10.1. The van der Waals surface area contributed by atoms with Gasteiger partial charge in [0.05, 0.1) is 13.2 Å². The third-order valence-electron chi connectivity index (χ3n) is 5.49. The van der Waals surface area contributed by atoms with Crippen molar-refractivity contribution >= 4 is 40.1 Å². The molecule has 1 aliphatic rings. The maximum atomic E-state index is 13.2. The van der Waals surface area contributed by atoms with E-state index in [2.05, 4.69) is 11.6 Å². The second-order valence-corrected chi connectivity index (χ2v) is 8.45. The fraction of sp³-hybridized carbons (Fsp3) is 0.391. The zero-order valence-electron chi connectivity index (χ0n) is 18.3. The highest BCUT2D eigenvalue weighted by molar-refractivity contribution is 6.32. The van der Waals surface area contributed by atoms with Crippen molar-refractivity contribution in [1.29, 1.82) is 0 Å². The van der Waals surface area contributed by atoms with E-state index in [9.17, 15) is 18.0 Å². The predicted octanol–water partition coefficient (Wildman–Crippen LogP) is 5.15. The van der Waals surface area contributed by atoms with Crippen molar-refractivity contribution < 1.29 is 22.7 Å². The number of hydrogen-bond acceptors (Lipinski definition) is 3. The number of nitrogens with zero attached hydrogens (tertiary/aromatic N) is 3. The van der Waals surface area contributed by atoms with Crippen LogP contribution in [0.5, 0.6) is 0 Å². The zero-order valence-corrected chi connectivity index (χ0v) is 19.8. The molecule has 10 heteroatoms. The summed E-state index contributed by atoms with van der Waals surface area (Å²) in [4.78, 5) is 17.9. The van der Waals surface area contributed by atoms with Gasteiger partial charge in [0.1, 0.15) is 11.3 Å². The van der Waals surface area contributed by atoms with Gasteiger partial charge in [-0.2, -0.15) is 13.2 Å². The maximum Gasteiger partial charge on any atom is 0.433 e. The average molecular weight is 502 g/mol. The van der Waals surface area contributed by atoms with Crippen molar-refractivity contribution in [3.8, 4) is 0 Å². The van der Waals surface area contributed by atoms with Gasteiger partial charge in [-0.05, 0) is 42.3 Å². The van der Waals surface area contributed by atoms with E-state index in [0.29, 0.717) is 60.0 Å². The molecule has 0 aliphatic carbocycles. The first-order valence-electron chi connectivity index (χ1n) is 10.2. The molecule has 178 valence electrons. The Kier molecular flexibility index (Phi) is 7.92. The molecule has 2 aromatic heterocycles. The highest BCUT2D eigenvalue weighted by Crippen LogP contribution is 2.32. The second-order valence-electron chi connectivity index (χ2n) is 7.78. The molecule has 0 radical (unpaired) electrons. The Bertz CT molecular complexity index is 1130. The largest absolute Gasteiger partial charge is 0.433 e. The third-order valence-corrected chi connectivity index (χ3v) is 6.21. The third kappa shape index (κ3) is 5.80. The van der Waals surface area contributed by atoms with Gasteiger partial charge in [0, 0.05) is 54.1 Å². The summed E-state index contributed by atoms with van der Waals surface area (Å²) < 4.78 is 46.4. The molecular formula is C23H24Cl2F3N3O2. The van der Waals surface area contributed by atoms with Crippen LogP contribution in [0.1, 0.15) is 17.0 Å². The molecule has 2 aromatic rings. The summed E-state index contributed by atoms with van der Waals surface area (Å²) in [5.74, 6) is -0.0865. The first-order chi connectivity index (χ1) is 15.5. The van der Waals surface area contributed by atoms with E-state index in [1.807, 2.05) is 0 Å². The van der Waals surface area contributed by atoms with Crippen LogP contribution < -0.4 is 0 Å². The quantitative estimate of drug-likeness (QED) is 0.312. The minimum Gasteiger partial charge on any atom is -0.378 e. The zero-order chi connectivity index (χ0) is 24.3. The Morgan fingerprint density at radius 1 is 1.27 bits per heavy atom. The lowest BCUT2D eigenvalue weighted by Gasteiger charge is -2.26. The van der Waals surface area contributed by atoms with Crippen molar-refractivity contribution in [2.24, 2.45) is 7.05 Å². The molecule has 1 fully saturated rings. The molecule has 0 spiro atoms. The molecule has 1 saturated heterocycles. The van der Waals surface area contributed by atoms with Crippen LogP contribution in [-0.4, -0.2) is 52.5 Å². The topological polar surface area (TPSA) is 47.4 Å². The molecule has 1 amide bonds. The van der Waals surface area contributed by atoms with E-state index >= 15 is 0 Å². The number of aryl methyl sites for hydroxylation is 2. The van der Waals surface area contributed by atoms with Crippen molar-refractivity contribution in [2.75, 3.05) is 32.2 Å². The summed E-state index contributed by atoms with van der Waals surface area (Å²) in [6.45, 7) is 7.43. The minimum atomic E-state index is -4.53. The number of amides is 1. The number of morpholine rings is 1. The molecule has 0 aromatic carbocycles. The molecule has 0 atom stereocenters. The number of rotatable bonds is 6. The summed E-state index contributed by atoms with van der Waals surface area (Å²) in [6, 6.07) is 2.83. The van der Waals surface area contributed by atoms with E-state index in [-0.39, 0.29) is 23.0 Å². The Hall–Kier alpha value is -2.29. The van der Waals surface area contributed by atoms with Gasteiger partial charge in [-0.15, -0.1) is 11.6 Å². The maximum absolute atomic E-state index is 13.2. The number of allylic oxidation sites excluding steroid dienone is 3. The van der Waals surface area contributed by atoms with Crippen LogP contribution >= 0.6 is 23.2 Å². The molecule has 0 bridgehead atoms. The number of carbonyl (C=O) groups excluding carboxylic acids is 1. The number of fused-ring (bicyclic) bond motifs is 1. The van der Waals surface area contributed by atoms with Crippen LogP contribution in [0.3, 0.4) is 0 Å². The number of pyridine rings is 1. The van der Waals surface area contributed by atoms with Gasteiger partial charge in [-0.3, -0.25) is 4.79 Å². The summed E-state index contributed by atoms with van der Waals surface area (Å²) in [5, 5.41) is 0.970. The van der Waals surface area contributed by atoms with Crippen LogP contribution in [0.15, 0.2) is 47.0 Å². The van der Waals surface area contributed by atoms with Crippen LogP contribution in [0.2, 0.25) is 0 Å². The van der Waals surface area contributed by atoms with E-state index in [0.717, 1.165) is 6.07 Å². The molecule has 0 N–H and O–H groups in total. The highest BCUT2D eigenvalue weighted by atomic mass is 35.5. The Labute approximate surface area is 200 Å². The Morgan fingerprint density at radius 2 is 1.94 bits per heavy atom. The number of alkyl halides is 4. The molecule has 3 rings (SSSR count). The summed E-state index contributed by atoms with van der Waals surface area (Å²) in [5.41, 5.74) is 1.44. The van der Waals surface area contributed by atoms with E-state index in [4.69, 9.17) is 27.9 Å². The number of halogens is 5. The Morgan fingerprint density at radius 3 is 2.55 bits per heavy atom. The molecule has 0 saturated carbocycles. The standard InChI is InChI=1S/C23H24Cl2F3N3O2/c1-14(22(32)31-6-8-33-9-7-31)4-5-19(25)16(13-24)11-17-12-18-15(2)10-20(23(26,27)28)29-21(18)30(17)3/h4-5,10,12H,1,6-9,11,13H2,2-3H3/b5-4-,19-16+. The number of aromatic nitrogens is 2. The van der Waals surface area contributed by atoms with Gasteiger partial charge in [0.2, 0.25) is 0 Å². The fourth-order valence-electron chi connectivity index (χ4n) is 3.56. The summed E-state index contributed by atoms with van der Waals surface area (Å²) >= 11 is 12.6. The lowest BCUT2D eigenvalue weighted by molar-refractivity contribution is -0.141. The van der Waals surface area contributed by atoms with Gasteiger partial charge < -0.3 is 14.2 Å². The second kappa shape index (κ2) is 10.3. The highest BCUT2D eigenvalue weighted by Gasteiger charge is 2.33. The van der Waals surface area contributed by atoms with E-state index < -0.39 is 11.9 Å². The molecular weight excluding hydrogens is 478 g/mol. The van der Waals surface area contributed by atoms with Crippen molar-refractivity contribution in [2.45, 2.75) is 19.5 Å². The van der Waals surface area contributed by atoms with Gasteiger partial charge in [0.15, 0.2) is 0 Å². The minimum absolute atomic E-state index is 0.106.